The largest absolute Gasteiger partial charge is 0.310 e. The fourth-order valence-electron chi connectivity index (χ4n) is 3.84. The van der Waals surface area contributed by atoms with Crippen LogP contribution in [0.2, 0.25) is 0 Å². The van der Waals surface area contributed by atoms with Crippen LogP contribution in [-0.2, 0) is 0 Å². The zero-order valence-electron chi connectivity index (χ0n) is 13.1. The zero-order valence-corrected chi connectivity index (χ0v) is 13.1. The fraction of sp³-hybridized carbons (Fsp3) is 0.667. The molecule has 1 nitrogen and oxygen atoms in total. The summed E-state index contributed by atoms with van der Waals surface area (Å²) in [5, 5.41) is 3.63. The van der Waals surface area contributed by atoms with Crippen molar-refractivity contribution in [3.8, 4) is 0 Å². The van der Waals surface area contributed by atoms with Gasteiger partial charge >= 0.3 is 0 Å². The lowest BCUT2D eigenvalue weighted by Gasteiger charge is -2.38. The highest BCUT2D eigenvalue weighted by Gasteiger charge is 2.32. The maximum absolute atomic E-state index is 13.7. The Morgan fingerprint density at radius 2 is 2.00 bits per heavy atom. The summed E-state index contributed by atoms with van der Waals surface area (Å²) < 4.78 is 13.7. The standard InChI is InChI=1S/C18H28FN/c1-4-14-8-6-7-9-16(14)18(20-5-2)17-12-15(19)11-10-13(17)3/h10-12,14,16,18,20H,4-9H2,1-3H3. The average molecular weight is 277 g/mol. The van der Waals surface area contributed by atoms with Crippen LogP contribution in [0.25, 0.3) is 0 Å². The van der Waals surface area contributed by atoms with Crippen LogP contribution in [0.5, 0.6) is 0 Å². The van der Waals surface area contributed by atoms with E-state index in [1.807, 2.05) is 6.07 Å². The summed E-state index contributed by atoms with van der Waals surface area (Å²) >= 11 is 0. The highest BCUT2D eigenvalue weighted by molar-refractivity contribution is 5.30. The molecule has 2 heteroatoms. The minimum Gasteiger partial charge on any atom is -0.310 e. The second kappa shape index (κ2) is 7.21. The summed E-state index contributed by atoms with van der Waals surface area (Å²) in [5.41, 5.74) is 2.37. The predicted molar refractivity (Wildman–Crippen MR) is 83.3 cm³/mol. The molecule has 112 valence electrons. The van der Waals surface area contributed by atoms with Gasteiger partial charge in [-0.25, -0.2) is 4.39 Å². The summed E-state index contributed by atoms with van der Waals surface area (Å²) in [6, 6.07) is 5.53. The van der Waals surface area contributed by atoms with Gasteiger partial charge in [0.15, 0.2) is 0 Å². The molecule has 2 rings (SSSR count). The van der Waals surface area contributed by atoms with Gasteiger partial charge in [0.1, 0.15) is 5.82 Å². The molecule has 1 saturated carbocycles. The van der Waals surface area contributed by atoms with Gasteiger partial charge in [-0.3, -0.25) is 0 Å². The number of aryl methyl sites for hydroxylation is 1. The smallest absolute Gasteiger partial charge is 0.123 e. The summed E-state index contributed by atoms with van der Waals surface area (Å²) in [4.78, 5) is 0. The van der Waals surface area contributed by atoms with Crippen molar-refractivity contribution in [2.45, 2.75) is 58.9 Å². The molecule has 1 aliphatic carbocycles. The van der Waals surface area contributed by atoms with E-state index in [-0.39, 0.29) is 5.82 Å². The Morgan fingerprint density at radius 1 is 1.25 bits per heavy atom. The van der Waals surface area contributed by atoms with Crippen LogP contribution >= 0.6 is 0 Å². The molecule has 3 atom stereocenters. The molecule has 1 aromatic carbocycles. The van der Waals surface area contributed by atoms with Gasteiger partial charge in [0, 0.05) is 6.04 Å². The van der Waals surface area contributed by atoms with Crippen molar-refractivity contribution >= 4 is 0 Å². The van der Waals surface area contributed by atoms with Gasteiger partial charge in [0.25, 0.3) is 0 Å². The van der Waals surface area contributed by atoms with E-state index in [1.165, 1.54) is 37.7 Å². The van der Waals surface area contributed by atoms with Crippen molar-refractivity contribution in [2.24, 2.45) is 11.8 Å². The second-order valence-corrected chi connectivity index (χ2v) is 6.15. The molecule has 0 aromatic heterocycles. The number of halogens is 1. The Hall–Kier alpha value is -0.890. The first-order valence-corrected chi connectivity index (χ1v) is 8.16. The molecule has 1 aromatic rings. The SMILES string of the molecule is CCNC(c1cc(F)ccc1C)C1CCCCC1CC. The van der Waals surface area contributed by atoms with Gasteiger partial charge < -0.3 is 5.32 Å². The van der Waals surface area contributed by atoms with Crippen LogP contribution in [-0.4, -0.2) is 6.54 Å². The maximum Gasteiger partial charge on any atom is 0.123 e. The van der Waals surface area contributed by atoms with E-state index < -0.39 is 0 Å². The summed E-state index contributed by atoms with van der Waals surface area (Å²) in [6.45, 7) is 7.48. The normalized spacial score (nSPS) is 24.6. The summed E-state index contributed by atoms with van der Waals surface area (Å²) in [6.07, 6.45) is 6.51. The van der Waals surface area contributed by atoms with Crippen LogP contribution in [0.1, 0.15) is 63.1 Å². The van der Waals surface area contributed by atoms with Gasteiger partial charge in [0.2, 0.25) is 0 Å². The van der Waals surface area contributed by atoms with Gasteiger partial charge in [-0.15, -0.1) is 0 Å². The average Bonchev–Trinajstić information content (AvgIpc) is 2.47. The Kier molecular flexibility index (Phi) is 5.59. The lowest BCUT2D eigenvalue weighted by molar-refractivity contribution is 0.176. The molecule has 20 heavy (non-hydrogen) atoms. The molecule has 0 radical (unpaired) electrons. The van der Waals surface area contributed by atoms with E-state index in [0.29, 0.717) is 12.0 Å². The lowest BCUT2D eigenvalue weighted by Crippen LogP contribution is -2.35. The van der Waals surface area contributed by atoms with Crippen molar-refractivity contribution in [1.82, 2.24) is 5.32 Å². The number of nitrogens with one attached hydrogen (secondary N) is 1. The van der Waals surface area contributed by atoms with Crippen LogP contribution in [0.3, 0.4) is 0 Å². The Labute approximate surface area is 123 Å². The number of rotatable bonds is 5. The molecule has 1 aliphatic rings. The third-order valence-electron chi connectivity index (χ3n) is 4.92. The van der Waals surface area contributed by atoms with E-state index in [9.17, 15) is 4.39 Å². The third-order valence-corrected chi connectivity index (χ3v) is 4.92. The summed E-state index contributed by atoms with van der Waals surface area (Å²) in [7, 11) is 0. The van der Waals surface area contributed by atoms with E-state index in [0.717, 1.165) is 18.0 Å². The number of hydrogen-bond acceptors (Lipinski definition) is 1. The van der Waals surface area contributed by atoms with Crippen molar-refractivity contribution in [3.05, 3.63) is 35.1 Å². The Bertz CT molecular complexity index is 429. The van der Waals surface area contributed by atoms with E-state index in [4.69, 9.17) is 0 Å². The van der Waals surface area contributed by atoms with Gasteiger partial charge in [-0.2, -0.15) is 0 Å². The molecular weight excluding hydrogens is 249 g/mol. The first-order chi connectivity index (χ1) is 9.67. The van der Waals surface area contributed by atoms with Crippen LogP contribution in [0.15, 0.2) is 18.2 Å². The highest BCUT2D eigenvalue weighted by Crippen LogP contribution is 2.41. The first kappa shape index (κ1) is 15.5. The van der Waals surface area contributed by atoms with Gasteiger partial charge in [0.05, 0.1) is 0 Å². The molecule has 0 aliphatic heterocycles. The quantitative estimate of drug-likeness (QED) is 0.798. The number of hydrogen-bond donors (Lipinski definition) is 1. The predicted octanol–water partition coefficient (Wildman–Crippen LogP) is 5.00. The Morgan fingerprint density at radius 3 is 2.70 bits per heavy atom. The summed E-state index contributed by atoms with van der Waals surface area (Å²) in [5.74, 6) is 1.31. The minimum absolute atomic E-state index is 0.114. The Balaban J connectivity index is 2.31. The van der Waals surface area contributed by atoms with Crippen molar-refractivity contribution in [3.63, 3.8) is 0 Å². The van der Waals surface area contributed by atoms with E-state index in [1.54, 1.807) is 12.1 Å². The fourth-order valence-corrected chi connectivity index (χ4v) is 3.84. The molecule has 0 bridgehead atoms. The van der Waals surface area contributed by atoms with Crippen molar-refractivity contribution in [2.75, 3.05) is 6.54 Å². The van der Waals surface area contributed by atoms with Crippen molar-refractivity contribution in [1.29, 1.82) is 0 Å². The number of benzene rings is 1. The third kappa shape index (κ3) is 3.41. The monoisotopic (exact) mass is 277 g/mol. The van der Waals surface area contributed by atoms with Crippen LogP contribution in [0, 0.1) is 24.6 Å². The molecule has 3 unspecified atom stereocenters. The molecule has 0 heterocycles. The van der Waals surface area contributed by atoms with E-state index in [2.05, 4.69) is 26.1 Å². The second-order valence-electron chi connectivity index (χ2n) is 6.15. The highest BCUT2D eigenvalue weighted by atomic mass is 19.1. The van der Waals surface area contributed by atoms with Gasteiger partial charge in [-0.1, -0.05) is 45.6 Å². The van der Waals surface area contributed by atoms with E-state index >= 15 is 0 Å². The van der Waals surface area contributed by atoms with Crippen molar-refractivity contribution < 1.29 is 4.39 Å². The van der Waals surface area contributed by atoms with Crippen LogP contribution in [0.4, 0.5) is 4.39 Å². The molecule has 0 spiro atoms. The molecule has 1 fully saturated rings. The first-order valence-electron chi connectivity index (χ1n) is 8.16. The minimum atomic E-state index is -0.114. The molecule has 0 saturated heterocycles. The molecule has 1 N–H and O–H groups in total. The molecule has 0 amide bonds. The maximum atomic E-state index is 13.7. The van der Waals surface area contributed by atoms with Crippen LogP contribution < -0.4 is 5.32 Å². The topological polar surface area (TPSA) is 12.0 Å². The molecular formula is C18H28FN. The zero-order chi connectivity index (χ0) is 14.5. The van der Waals surface area contributed by atoms with Gasteiger partial charge in [-0.05, 0) is 55.0 Å². The lowest BCUT2D eigenvalue weighted by atomic mass is 9.72.